The van der Waals surface area contributed by atoms with E-state index in [0.29, 0.717) is 13.1 Å². The molecule has 31 heavy (non-hydrogen) atoms. The van der Waals surface area contributed by atoms with Crippen molar-refractivity contribution in [3.63, 3.8) is 0 Å². The third kappa shape index (κ3) is 3.04. The molecule has 5 aliphatic rings. The molecule has 8 nitrogen and oxygen atoms in total. The summed E-state index contributed by atoms with van der Waals surface area (Å²) in [7, 11) is 0. The Morgan fingerprint density at radius 2 is 1.68 bits per heavy atom. The van der Waals surface area contributed by atoms with Gasteiger partial charge in [-0.05, 0) is 36.5 Å². The molecule has 4 atom stereocenters. The van der Waals surface area contributed by atoms with Crippen LogP contribution >= 0.6 is 0 Å². The Bertz CT molecular complexity index is 953. The lowest BCUT2D eigenvalue weighted by molar-refractivity contribution is -0.917. The Balaban J connectivity index is 1.03. The van der Waals surface area contributed by atoms with Crippen LogP contribution in [0.1, 0.15) is 12.0 Å². The van der Waals surface area contributed by atoms with Crippen LogP contribution in [0.2, 0.25) is 0 Å². The summed E-state index contributed by atoms with van der Waals surface area (Å²) >= 11 is 0. The highest BCUT2D eigenvalue weighted by molar-refractivity contribution is 6.08. The molecule has 0 radical (unpaired) electrons. The van der Waals surface area contributed by atoms with Crippen molar-refractivity contribution in [1.82, 2.24) is 9.80 Å². The summed E-state index contributed by atoms with van der Waals surface area (Å²) in [5.74, 6) is 1.04. The first-order chi connectivity index (χ1) is 15.1. The Labute approximate surface area is 180 Å². The number of quaternary nitrogens is 1. The maximum atomic E-state index is 12.9. The van der Waals surface area contributed by atoms with Gasteiger partial charge in [-0.3, -0.25) is 19.3 Å². The van der Waals surface area contributed by atoms with Crippen LogP contribution in [0, 0.1) is 23.7 Å². The van der Waals surface area contributed by atoms with Gasteiger partial charge in [0.2, 0.25) is 24.5 Å². The minimum absolute atomic E-state index is 0.110. The van der Waals surface area contributed by atoms with Gasteiger partial charge in [-0.15, -0.1) is 0 Å². The normalized spacial score (nSPS) is 31.1. The van der Waals surface area contributed by atoms with Crippen LogP contribution in [0.3, 0.4) is 0 Å². The van der Waals surface area contributed by atoms with E-state index in [9.17, 15) is 14.4 Å². The predicted molar refractivity (Wildman–Crippen MR) is 108 cm³/mol. The molecule has 0 unspecified atom stereocenters. The number of hydrogen-bond donors (Lipinski definition) is 1. The summed E-state index contributed by atoms with van der Waals surface area (Å²) in [5, 5.41) is 0. The molecule has 8 heteroatoms. The van der Waals surface area contributed by atoms with E-state index in [4.69, 9.17) is 9.47 Å². The minimum atomic E-state index is -0.238. The fourth-order valence-corrected chi connectivity index (χ4v) is 5.94. The lowest BCUT2D eigenvalue weighted by Gasteiger charge is -2.33. The number of amides is 3. The number of benzene rings is 1. The zero-order valence-electron chi connectivity index (χ0n) is 17.3. The standard InChI is InChI=1S/C23H25N3O5/c27-19(12-26-22(28)20-15-2-3-16(10-15)21(20)23(26)29)25-7-5-24(6-8-25)11-14-1-4-17-18(9-14)31-13-30-17/h1-4,9,15-16,20-21H,5-8,10-13H2/p+1/t15-,16+,20-,21-/m0/s1. The second-order valence-electron chi connectivity index (χ2n) is 9.26. The molecule has 2 aliphatic carbocycles. The van der Waals surface area contributed by atoms with Crippen molar-refractivity contribution in [3.8, 4) is 11.5 Å². The van der Waals surface area contributed by atoms with Crippen LogP contribution < -0.4 is 14.4 Å². The average molecular weight is 424 g/mol. The van der Waals surface area contributed by atoms with Crippen LogP contribution in [-0.2, 0) is 20.9 Å². The van der Waals surface area contributed by atoms with Gasteiger partial charge in [-0.25, -0.2) is 0 Å². The summed E-state index contributed by atoms with van der Waals surface area (Å²) in [4.78, 5) is 42.9. The molecule has 6 rings (SSSR count). The van der Waals surface area contributed by atoms with Gasteiger partial charge >= 0.3 is 0 Å². The molecule has 2 saturated heterocycles. The molecule has 162 valence electrons. The van der Waals surface area contributed by atoms with Crippen molar-refractivity contribution in [3.05, 3.63) is 35.9 Å². The van der Waals surface area contributed by atoms with Crippen molar-refractivity contribution in [1.29, 1.82) is 0 Å². The molecule has 0 spiro atoms. The van der Waals surface area contributed by atoms with E-state index >= 15 is 0 Å². The molecule has 3 amide bonds. The van der Waals surface area contributed by atoms with Crippen LogP contribution in [0.15, 0.2) is 30.4 Å². The van der Waals surface area contributed by atoms with Gasteiger partial charge in [0.15, 0.2) is 11.5 Å². The summed E-state index contributed by atoms with van der Waals surface area (Å²) in [6, 6.07) is 6.02. The minimum Gasteiger partial charge on any atom is -0.454 e. The number of fused-ring (bicyclic) bond motifs is 6. The highest BCUT2D eigenvalue weighted by Gasteiger charge is 2.59. The van der Waals surface area contributed by atoms with E-state index in [1.165, 1.54) is 15.4 Å². The van der Waals surface area contributed by atoms with Crippen molar-refractivity contribution in [2.24, 2.45) is 23.7 Å². The Hall–Kier alpha value is -2.87. The average Bonchev–Trinajstić information content (AvgIpc) is 3.55. The number of allylic oxidation sites excluding steroid dienone is 2. The smallest absolute Gasteiger partial charge is 0.243 e. The topological polar surface area (TPSA) is 80.6 Å². The molecule has 2 bridgehead atoms. The third-order valence-corrected chi connectivity index (χ3v) is 7.57. The maximum Gasteiger partial charge on any atom is 0.243 e. The van der Waals surface area contributed by atoms with E-state index in [0.717, 1.165) is 37.6 Å². The Morgan fingerprint density at radius 3 is 2.39 bits per heavy atom. The van der Waals surface area contributed by atoms with Crippen LogP contribution in [-0.4, -0.2) is 67.0 Å². The lowest BCUT2D eigenvalue weighted by Crippen LogP contribution is -3.13. The predicted octanol–water partition coefficient (Wildman–Crippen LogP) is -0.550. The first-order valence-corrected chi connectivity index (χ1v) is 11.1. The van der Waals surface area contributed by atoms with Gasteiger partial charge in [0.1, 0.15) is 13.1 Å². The van der Waals surface area contributed by atoms with Gasteiger partial charge in [-0.1, -0.05) is 12.2 Å². The molecule has 0 aromatic heterocycles. The van der Waals surface area contributed by atoms with Crippen LogP contribution in [0.25, 0.3) is 0 Å². The van der Waals surface area contributed by atoms with Crippen molar-refractivity contribution >= 4 is 17.7 Å². The number of carbonyl (C=O) groups is 3. The maximum absolute atomic E-state index is 12.9. The molecular formula is C23H26N3O5+. The van der Waals surface area contributed by atoms with Crippen molar-refractivity contribution < 1.29 is 28.8 Å². The summed E-state index contributed by atoms with van der Waals surface area (Å²) in [6.07, 6.45) is 5.05. The SMILES string of the molecule is O=C(CN1C(=O)[C@@H]2[C@@H](C1=O)[C@H]1C=C[C@@H]2C1)N1CC[NH+](Cc2ccc3c(c2)OCO3)CC1. The highest BCUT2D eigenvalue weighted by atomic mass is 16.7. The number of rotatable bonds is 4. The van der Waals surface area contributed by atoms with E-state index < -0.39 is 0 Å². The molecule has 1 N–H and O–H groups in total. The second kappa shape index (κ2) is 7.09. The number of hydrogen-bond acceptors (Lipinski definition) is 5. The van der Waals surface area contributed by atoms with Gasteiger partial charge in [0.05, 0.1) is 38.0 Å². The second-order valence-corrected chi connectivity index (χ2v) is 9.26. The van der Waals surface area contributed by atoms with Crippen molar-refractivity contribution in [2.75, 3.05) is 39.5 Å². The molecule has 3 aliphatic heterocycles. The summed E-state index contributed by atoms with van der Waals surface area (Å²) in [5.41, 5.74) is 1.18. The van der Waals surface area contributed by atoms with Crippen molar-refractivity contribution in [2.45, 2.75) is 13.0 Å². The molecular weight excluding hydrogens is 398 g/mol. The zero-order chi connectivity index (χ0) is 21.1. The highest BCUT2D eigenvalue weighted by Crippen LogP contribution is 2.52. The first-order valence-electron chi connectivity index (χ1n) is 11.1. The zero-order valence-corrected chi connectivity index (χ0v) is 17.3. The number of ether oxygens (including phenoxy) is 2. The number of imide groups is 1. The van der Waals surface area contributed by atoms with E-state index in [1.807, 2.05) is 12.1 Å². The summed E-state index contributed by atoms with van der Waals surface area (Å²) < 4.78 is 10.8. The number of nitrogens with one attached hydrogen (secondary N) is 1. The van der Waals surface area contributed by atoms with E-state index in [1.54, 1.807) is 4.90 Å². The van der Waals surface area contributed by atoms with Crippen LogP contribution in [0.4, 0.5) is 0 Å². The molecule has 1 saturated carbocycles. The monoisotopic (exact) mass is 424 g/mol. The Morgan fingerprint density at radius 1 is 1.00 bits per heavy atom. The van der Waals surface area contributed by atoms with E-state index in [2.05, 4.69) is 18.2 Å². The third-order valence-electron chi connectivity index (χ3n) is 7.57. The van der Waals surface area contributed by atoms with E-state index in [-0.39, 0.29) is 54.7 Å². The number of piperazine rings is 1. The van der Waals surface area contributed by atoms with Gasteiger partial charge in [-0.2, -0.15) is 0 Å². The largest absolute Gasteiger partial charge is 0.454 e. The Kier molecular flexibility index (Phi) is 4.31. The number of nitrogens with zero attached hydrogens (tertiary/aromatic N) is 2. The molecule has 3 heterocycles. The number of carbonyl (C=O) groups excluding carboxylic acids is 3. The number of likely N-dealkylation sites (tertiary alicyclic amines) is 1. The summed E-state index contributed by atoms with van der Waals surface area (Å²) in [6.45, 7) is 3.96. The quantitative estimate of drug-likeness (QED) is 0.518. The molecule has 1 aromatic carbocycles. The van der Waals surface area contributed by atoms with Gasteiger partial charge in [0, 0.05) is 5.56 Å². The lowest BCUT2D eigenvalue weighted by atomic mass is 9.85. The van der Waals surface area contributed by atoms with Gasteiger partial charge in [0.25, 0.3) is 0 Å². The fourth-order valence-electron chi connectivity index (χ4n) is 5.94. The molecule has 1 aromatic rings. The first kappa shape index (κ1) is 18.9. The van der Waals surface area contributed by atoms with Gasteiger partial charge < -0.3 is 19.3 Å². The van der Waals surface area contributed by atoms with Crippen LogP contribution in [0.5, 0.6) is 11.5 Å². The molecule has 3 fully saturated rings. The fraction of sp³-hybridized carbons (Fsp3) is 0.522.